The number of rotatable bonds is 5. The van der Waals surface area contributed by atoms with Gasteiger partial charge in [0.1, 0.15) is 0 Å². The summed E-state index contributed by atoms with van der Waals surface area (Å²) in [6.07, 6.45) is 4.41. The highest BCUT2D eigenvalue weighted by molar-refractivity contribution is 4.91. The smallest absolute Gasteiger partial charge is 0.0674 e. The van der Waals surface area contributed by atoms with E-state index in [0.29, 0.717) is 6.10 Å². The SMILES string of the molecule is CC(C)CNCC1CCC1N1CCCOC(C)C1. The summed E-state index contributed by atoms with van der Waals surface area (Å²) >= 11 is 0. The zero-order chi connectivity index (χ0) is 13.0. The average molecular weight is 254 g/mol. The molecule has 1 heterocycles. The molecule has 3 heteroatoms. The van der Waals surface area contributed by atoms with Crippen LogP contribution in [0.25, 0.3) is 0 Å². The maximum Gasteiger partial charge on any atom is 0.0674 e. The van der Waals surface area contributed by atoms with Crippen molar-refractivity contribution in [3.05, 3.63) is 0 Å². The van der Waals surface area contributed by atoms with Gasteiger partial charge in [0.25, 0.3) is 0 Å². The molecule has 2 fully saturated rings. The fraction of sp³-hybridized carbons (Fsp3) is 1.00. The fourth-order valence-corrected chi connectivity index (χ4v) is 3.16. The van der Waals surface area contributed by atoms with E-state index in [2.05, 4.69) is 31.0 Å². The van der Waals surface area contributed by atoms with Gasteiger partial charge in [0.05, 0.1) is 6.10 Å². The molecule has 2 aliphatic rings. The summed E-state index contributed by atoms with van der Waals surface area (Å²) in [5.74, 6) is 1.63. The third kappa shape index (κ3) is 3.94. The van der Waals surface area contributed by atoms with Crippen LogP contribution in [0, 0.1) is 11.8 Å². The highest BCUT2D eigenvalue weighted by atomic mass is 16.5. The molecule has 1 saturated carbocycles. The molecule has 0 spiro atoms. The Labute approximate surface area is 112 Å². The lowest BCUT2D eigenvalue weighted by atomic mass is 9.78. The third-order valence-electron chi connectivity index (χ3n) is 4.29. The molecule has 0 aromatic rings. The van der Waals surface area contributed by atoms with Crippen molar-refractivity contribution in [2.45, 2.75) is 52.2 Å². The van der Waals surface area contributed by atoms with Gasteiger partial charge in [-0.15, -0.1) is 0 Å². The molecule has 1 aliphatic carbocycles. The lowest BCUT2D eigenvalue weighted by Crippen LogP contribution is -2.52. The first-order chi connectivity index (χ1) is 8.66. The van der Waals surface area contributed by atoms with Crippen LogP contribution >= 0.6 is 0 Å². The first-order valence-electron chi connectivity index (χ1n) is 7.73. The zero-order valence-electron chi connectivity index (χ0n) is 12.3. The molecular weight excluding hydrogens is 224 g/mol. The Balaban J connectivity index is 1.74. The van der Waals surface area contributed by atoms with E-state index in [4.69, 9.17) is 4.74 Å². The van der Waals surface area contributed by atoms with Crippen molar-refractivity contribution in [3.63, 3.8) is 0 Å². The lowest BCUT2D eigenvalue weighted by molar-refractivity contribution is 0.0270. The van der Waals surface area contributed by atoms with Crippen LogP contribution in [0.4, 0.5) is 0 Å². The highest BCUT2D eigenvalue weighted by Crippen LogP contribution is 2.32. The summed E-state index contributed by atoms with van der Waals surface area (Å²) in [6, 6.07) is 0.814. The topological polar surface area (TPSA) is 24.5 Å². The van der Waals surface area contributed by atoms with E-state index < -0.39 is 0 Å². The van der Waals surface area contributed by atoms with Crippen molar-refractivity contribution in [3.8, 4) is 0 Å². The molecule has 18 heavy (non-hydrogen) atoms. The predicted octanol–water partition coefficient (Wildman–Crippen LogP) is 2.12. The Morgan fingerprint density at radius 1 is 1.33 bits per heavy atom. The molecule has 1 aliphatic heterocycles. The number of ether oxygens (including phenoxy) is 1. The van der Waals surface area contributed by atoms with Gasteiger partial charge in [0.15, 0.2) is 0 Å². The summed E-state index contributed by atoms with van der Waals surface area (Å²) in [5.41, 5.74) is 0. The molecule has 0 amide bonds. The monoisotopic (exact) mass is 254 g/mol. The van der Waals surface area contributed by atoms with E-state index in [1.54, 1.807) is 0 Å². The van der Waals surface area contributed by atoms with Crippen molar-refractivity contribution in [1.82, 2.24) is 10.2 Å². The molecular formula is C15H30N2O. The van der Waals surface area contributed by atoms with Crippen molar-refractivity contribution < 1.29 is 4.74 Å². The maximum atomic E-state index is 5.74. The summed E-state index contributed by atoms with van der Waals surface area (Å²) in [7, 11) is 0. The second-order valence-electron chi connectivity index (χ2n) is 6.49. The number of hydrogen-bond donors (Lipinski definition) is 1. The predicted molar refractivity (Wildman–Crippen MR) is 75.8 cm³/mol. The Kier molecular flexibility index (Phi) is 5.46. The molecule has 1 N–H and O–H groups in total. The Bertz CT molecular complexity index is 245. The van der Waals surface area contributed by atoms with Crippen LogP contribution in [-0.2, 0) is 4.74 Å². The molecule has 3 nitrogen and oxygen atoms in total. The minimum absolute atomic E-state index is 0.414. The first kappa shape index (κ1) is 14.3. The molecule has 2 rings (SSSR count). The number of nitrogens with one attached hydrogen (secondary N) is 1. The van der Waals surface area contributed by atoms with Gasteiger partial charge in [-0.2, -0.15) is 0 Å². The van der Waals surface area contributed by atoms with Gasteiger partial charge < -0.3 is 10.1 Å². The van der Waals surface area contributed by atoms with Crippen LogP contribution in [0.1, 0.15) is 40.0 Å². The molecule has 1 saturated heterocycles. The molecule has 3 atom stereocenters. The second-order valence-corrected chi connectivity index (χ2v) is 6.49. The molecule has 0 aromatic heterocycles. The first-order valence-corrected chi connectivity index (χ1v) is 7.73. The fourth-order valence-electron chi connectivity index (χ4n) is 3.16. The van der Waals surface area contributed by atoms with Crippen LogP contribution in [0.15, 0.2) is 0 Å². The van der Waals surface area contributed by atoms with Gasteiger partial charge in [-0.05, 0) is 51.1 Å². The summed E-state index contributed by atoms with van der Waals surface area (Å²) in [5, 5.41) is 3.62. The molecule has 106 valence electrons. The second kappa shape index (κ2) is 6.88. The maximum absolute atomic E-state index is 5.74. The molecule has 3 unspecified atom stereocenters. The van der Waals surface area contributed by atoms with E-state index in [1.807, 2.05) is 0 Å². The van der Waals surface area contributed by atoms with Gasteiger partial charge in [-0.1, -0.05) is 13.8 Å². The summed E-state index contributed by atoms with van der Waals surface area (Å²) < 4.78 is 5.74. The van der Waals surface area contributed by atoms with Crippen molar-refractivity contribution in [2.24, 2.45) is 11.8 Å². The van der Waals surface area contributed by atoms with E-state index >= 15 is 0 Å². The van der Waals surface area contributed by atoms with Crippen LogP contribution in [0.2, 0.25) is 0 Å². The van der Waals surface area contributed by atoms with Crippen molar-refractivity contribution >= 4 is 0 Å². The van der Waals surface area contributed by atoms with Gasteiger partial charge in [0.2, 0.25) is 0 Å². The molecule has 0 bridgehead atoms. The van der Waals surface area contributed by atoms with Gasteiger partial charge >= 0.3 is 0 Å². The van der Waals surface area contributed by atoms with Crippen molar-refractivity contribution in [2.75, 3.05) is 32.8 Å². The van der Waals surface area contributed by atoms with Gasteiger partial charge in [-0.25, -0.2) is 0 Å². The van der Waals surface area contributed by atoms with Gasteiger partial charge in [0, 0.05) is 25.7 Å². The Hall–Kier alpha value is -0.120. The van der Waals surface area contributed by atoms with Crippen LogP contribution in [0.3, 0.4) is 0 Å². The van der Waals surface area contributed by atoms with Gasteiger partial charge in [-0.3, -0.25) is 4.90 Å². The van der Waals surface area contributed by atoms with E-state index in [-0.39, 0.29) is 0 Å². The normalized spacial score (nSPS) is 34.3. The van der Waals surface area contributed by atoms with Crippen LogP contribution in [0.5, 0.6) is 0 Å². The average Bonchev–Trinajstić information content (AvgIpc) is 2.47. The zero-order valence-corrected chi connectivity index (χ0v) is 12.3. The Morgan fingerprint density at radius 2 is 2.17 bits per heavy atom. The van der Waals surface area contributed by atoms with Crippen molar-refractivity contribution in [1.29, 1.82) is 0 Å². The van der Waals surface area contributed by atoms with Crippen LogP contribution in [-0.4, -0.2) is 49.8 Å². The highest BCUT2D eigenvalue weighted by Gasteiger charge is 2.36. The summed E-state index contributed by atoms with van der Waals surface area (Å²) in [4.78, 5) is 2.68. The molecule has 0 radical (unpaired) electrons. The largest absolute Gasteiger partial charge is 0.377 e. The standard InChI is InChI=1S/C15H30N2O/c1-12(2)9-16-10-14-5-6-15(14)17-7-4-8-18-13(3)11-17/h12-16H,4-11H2,1-3H3. The summed E-state index contributed by atoms with van der Waals surface area (Å²) in [6.45, 7) is 12.4. The van der Waals surface area contributed by atoms with Crippen LogP contribution < -0.4 is 5.32 Å². The number of hydrogen-bond acceptors (Lipinski definition) is 3. The number of nitrogens with zero attached hydrogens (tertiary/aromatic N) is 1. The third-order valence-corrected chi connectivity index (χ3v) is 4.29. The van der Waals surface area contributed by atoms with E-state index in [9.17, 15) is 0 Å². The Morgan fingerprint density at radius 3 is 2.83 bits per heavy atom. The van der Waals surface area contributed by atoms with E-state index in [1.165, 1.54) is 32.4 Å². The van der Waals surface area contributed by atoms with E-state index in [0.717, 1.165) is 37.6 Å². The minimum atomic E-state index is 0.414. The quantitative estimate of drug-likeness (QED) is 0.813. The minimum Gasteiger partial charge on any atom is -0.377 e. The lowest BCUT2D eigenvalue weighted by Gasteiger charge is -2.44. The molecule has 0 aromatic carbocycles.